The Balaban J connectivity index is 1.56. The number of anilines is 2. The lowest BCUT2D eigenvalue weighted by molar-refractivity contribution is 0.102. The quantitative estimate of drug-likeness (QED) is 0.388. The third-order valence-electron chi connectivity index (χ3n) is 6.66. The summed E-state index contributed by atoms with van der Waals surface area (Å²) in [6, 6.07) is 7.89. The molecule has 4 aromatic rings. The number of hydrogen-bond acceptors (Lipinski definition) is 6. The van der Waals surface area contributed by atoms with Crippen LogP contribution < -0.4 is 15.5 Å². The van der Waals surface area contributed by atoms with Crippen LogP contribution in [0.4, 0.5) is 15.9 Å². The van der Waals surface area contributed by atoms with Gasteiger partial charge in [-0.2, -0.15) is 14.0 Å². The molecule has 4 heterocycles. The summed E-state index contributed by atoms with van der Waals surface area (Å²) in [5.41, 5.74) is 3.50. The molecule has 38 heavy (non-hydrogen) atoms. The first-order valence-corrected chi connectivity index (χ1v) is 13.3. The number of amides is 1. The number of morpholine rings is 1. The van der Waals surface area contributed by atoms with Crippen LogP contribution in [0.3, 0.4) is 0 Å². The van der Waals surface area contributed by atoms with E-state index in [9.17, 15) is 9.18 Å². The number of carbonyl (C=O) groups excluding carboxylic acids is 1. The molecule has 1 fully saturated rings. The van der Waals surface area contributed by atoms with Crippen LogP contribution in [0.1, 0.15) is 49.4 Å². The minimum absolute atomic E-state index is 0.0445. The van der Waals surface area contributed by atoms with Gasteiger partial charge in [0, 0.05) is 25.1 Å². The maximum atomic E-state index is 15.0. The zero-order valence-electron chi connectivity index (χ0n) is 22.4. The summed E-state index contributed by atoms with van der Waals surface area (Å²) < 4.78 is 23.7. The SMILES string of the molecule is CCc1nc2cc(-c3cc(C(=O)Nc4cnn(C(C)(C)C)c4F)c(P)cc3C)cc(N3CCOCC3)n2n1. The van der Waals surface area contributed by atoms with Crippen LogP contribution in [0.5, 0.6) is 0 Å². The second-order valence-electron chi connectivity index (χ2n) is 10.5. The predicted molar refractivity (Wildman–Crippen MR) is 150 cm³/mol. The van der Waals surface area contributed by atoms with Crippen molar-refractivity contribution in [2.75, 3.05) is 36.5 Å². The molecule has 5 rings (SSSR count). The molecule has 1 atom stereocenters. The van der Waals surface area contributed by atoms with Gasteiger partial charge in [0.15, 0.2) is 11.5 Å². The maximum absolute atomic E-state index is 15.0. The molecule has 1 amide bonds. The van der Waals surface area contributed by atoms with Crippen molar-refractivity contribution in [3.05, 3.63) is 53.4 Å². The normalized spacial score (nSPS) is 14.3. The first kappa shape index (κ1) is 26.3. The van der Waals surface area contributed by atoms with E-state index in [1.807, 2.05) is 57.3 Å². The summed E-state index contributed by atoms with van der Waals surface area (Å²) in [6.45, 7) is 12.4. The van der Waals surface area contributed by atoms with Crippen molar-refractivity contribution in [3.8, 4) is 11.1 Å². The van der Waals surface area contributed by atoms with Gasteiger partial charge < -0.3 is 15.0 Å². The number of aryl methyl sites for hydroxylation is 2. The van der Waals surface area contributed by atoms with Gasteiger partial charge in [0.2, 0.25) is 5.95 Å². The Hall–Kier alpha value is -3.36. The molecule has 200 valence electrons. The summed E-state index contributed by atoms with van der Waals surface area (Å²) in [4.78, 5) is 20.3. The van der Waals surface area contributed by atoms with Gasteiger partial charge in [0.05, 0.1) is 24.9 Å². The molecule has 1 N–H and O–H groups in total. The highest BCUT2D eigenvalue weighted by atomic mass is 31.0. The van der Waals surface area contributed by atoms with E-state index in [0.717, 1.165) is 58.8 Å². The summed E-state index contributed by atoms with van der Waals surface area (Å²) in [5.74, 6) is 0.716. The Bertz CT molecular complexity index is 1520. The minimum Gasteiger partial charge on any atom is -0.378 e. The Labute approximate surface area is 223 Å². The molecule has 1 saturated heterocycles. The molecular weight excluding hydrogens is 504 g/mol. The Morgan fingerprint density at radius 2 is 1.92 bits per heavy atom. The number of nitrogens with one attached hydrogen (secondary N) is 1. The topological polar surface area (TPSA) is 89.6 Å². The Morgan fingerprint density at radius 3 is 2.58 bits per heavy atom. The fourth-order valence-corrected chi connectivity index (χ4v) is 5.11. The fourth-order valence-electron chi connectivity index (χ4n) is 4.65. The minimum atomic E-state index is -0.581. The molecule has 11 heteroatoms. The molecule has 0 aliphatic carbocycles. The van der Waals surface area contributed by atoms with Crippen molar-refractivity contribution in [2.45, 2.75) is 46.6 Å². The van der Waals surface area contributed by atoms with Crippen LogP contribution in [0.25, 0.3) is 16.8 Å². The third kappa shape index (κ3) is 4.90. The van der Waals surface area contributed by atoms with E-state index >= 15 is 0 Å². The van der Waals surface area contributed by atoms with E-state index in [0.29, 0.717) is 18.8 Å². The molecule has 0 bridgehead atoms. The monoisotopic (exact) mass is 537 g/mol. The number of benzene rings is 1. The summed E-state index contributed by atoms with van der Waals surface area (Å²) >= 11 is 0. The van der Waals surface area contributed by atoms with Crippen molar-refractivity contribution in [3.63, 3.8) is 0 Å². The van der Waals surface area contributed by atoms with Crippen LogP contribution in [-0.2, 0) is 16.7 Å². The maximum Gasteiger partial charge on any atom is 0.256 e. The van der Waals surface area contributed by atoms with Gasteiger partial charge in [-0.1, -0.05) is 13.0 Å². The average Bonchev–Trinajstić information content (AvgIpc) is 3.47. The van der Waals surface area contributed by atoms with E-state index in [2.05, 4.69) is 30.6 Å². The summed E-state index contributed by atoms with van der Waals surface area (Å²) in [5, 5.41) is 12.3. The van der Waals surface area contributed by atoms with E-state index < -0.39 is 17.4 Å². The number of aromatic nitrogens is 5. The van der Waals surface area contributed by atoms with Gasteiger partial charge in [-0.3, -0.25) is 4.79 Å². The second-order valence-corrected chi connectivity index (χ2v) is 11.1. The molecule has 1 aliphatic heterocycles. The van der Waals surface area contributed by atoms with Crippen molar-refractivity contribution in [2.24, 2.45) is 0 Å². The zero-order valence-corrected chi connectivity index (χ0v) is 23.5. The predicted octanol–water partition coefficient (Wildman–Crippen LogP) is 3.95. The van der Waals surface area contributed by atoms with Crippen LogP contribution in [0.15, 0.2) is 30.5 Å². The van der Waals surface area contributed by atoms with E-state index in [4.69, 9.17) is 14.8 Å². The number of halogens is 1. The van der Waals surface area contributed by atoms with Gasteiger partial charge in [0.1, 0.15) is 11.5 Å². The first-order valence-electron chi connectivity index (χ1n) is 12.7. The Morgan fingerprint density at radius 1 is 1.18 bits per heavy atom. The highest BCUT2D eigenvalue weighted by molar-refractivity contribution is 7.27. The van der Waals surface area contributed by atoms with Crippen molar-refractivity contribution < 1.29 is 13.9 Å². The molecule has 9 nitrogen and oxygen atoms in total. The molecule has 0 saturated carbocycles. The highest BCUT2D eigenvalue weighted by Crippen LogP contribution is 2.31. The number of hydrogen-bond donors (Lipinski definition) is 1. The van der Waals surface area contributed by atoms with Crippen molar-refractivity contribution >= 4 is 37.6 Å². The summed E-state index contributed by atoms with van der Waals surface area (Å²) in [7, 11) is 2.61. The molecule has 1 aliphatic rings. The number of fused-ring (bicyclic) bond motifs is 1. The van der Waals surface area contributed by atoms with Crippen LogP contribution in [0.2, 0.25) is 0 Å². The van der Waals surface area contributed by atoms with E-state index in [-0.39, 0.29) is 5.69 Å². The van der Waals surface area contributed by atoms with Crippen LogP contribution in [-0.4, -0.2) is 56.6 Å². The number of pyridine rings is 1. The van der Waals surface area contributed by atoms with E-state index in [1.165, 1.54) is 10.9 Å². The standard InChI is InChI=1S/C27H33FN7O2P/c1-6-22-31-23-12-17(13-24(34(23)32-22)33-7-9-37-10-8-33)18-14-19(21(38)11-16(18)2)26(36)30-20-15-29-35(25(20)28)27(3,4)5/h11-15H,6-10,38H2,1-5H3,(H,30,36). The lowest BCUT2D eigenvalue weighted by atomic mass is 9.98. The van der Waals surface area contributed by atoms with Gasteiger partial charge in [-0.15, -0.1) is 14.3 Å². The summed E-state index contributed by atoms with van der Waals surface area (Å²) in [6.07, 6.45) is 2.07. The Kier molecular flexibility index (Phi) is 6.96. The number of rotatable bonds is 5. The van der Waals surface area contributed by atoms with Crippen molar-refractivity contribution in [1.29, 1.82) is 0 Å². The lowest BCUT2D eigenvalue weighted by Crippen LogP contribution is -2.37. The van der Waals surface area contributed by atoms with Gasteiger partial charge in [-0.05, 0) is 67.9 Å². The molecule has 3 aromatic heterocycles. The van der Waals surface area contributed by atoms with Crippen molar-refractivity contribution in [1.82, 2.24) is 24.4 Å². The number of carbonyl (C=O) groups is 1. The molecule has 0 radical (unpaired) electrons. The first-order chi connectivity index (χ1) is 18.1. The number of nitrogens with zero attached hydrogens (tertiary/aromatic N) is 6. The van der Waals surface area contributed by atoms with Gasteiger partial charge >= 0.3 is 0 Å². The smallest absolute Gasteiger partial charge is 0.256 e. The molecule has 1 aromatic carbocycles. The molecule has 1 unspecified atom stereocenters. The largest absolute Gasteiger partial charge is 0.378 e. The number of ether oxygens (including phenoxy) is 1. The zero-order chi connectivity index (χ0) is 27.2. The van der Waals surface area contributed by atoms with E-state index in [1.54, 1.807) is 0 Å². The second kappa shape index (κ2) is 10.1. The van der Waals surface area contributed by atoms with Crippen LogP contribution >= 0.6 is 9.24 Å². The molecule has 0 spiro atoms. The third-order valence-corrected chi connectivity index (χ3v) is 7.14. The fraction of sp³-hybridized carbons (Fsp3) is 0.407. The average molecular weight is 538 g/mol. The van der Waals surface area contributed by atoms with Gasteiger partial charge in [-0.25, -0.2) is 9.67 Å². The van der Waals surface area contributed by atoms with Gasteiger partial charge in [0.25, 0.3) is 5.91 Å². The van der Waals surface area contributed by atoms with Crippen LogP contribution in [0, 0.1) is 12.9 Å². The lowest BCUT2D eigenvalue weighted by Gasteiger charge is -2.29. The highest BCUT2D eigenvalue weighted by Gasteiger charge is 2.24. The molecular formula is C27H33FN7O2P.